The fraction of sp³-hybridized carbons (Fsp3) is 0.105. The van der Waals surface area contributed by atoms with Crippen LogP contribution in [-0.2, 0) is 5.41 Å². The Morgan fingerprint density at radius 3 is 1.75 bits per heavy atom. The number of anilines is 3. The molecule has 6 rings (SSSR count). The van der Waals surface area contributed by atoms with Crippen molar-refractivity contribution in [3.63, 3.8) is 0 Å². The molecule has 0 amide bonds. The Morgan fingerprint density at radius 1 is 0.500 bits per heavy atom. The third-order valence-electron chi connectivity index (χ3n) is 7.48. The van der Waals surface area contributed by atoms with Crippen LogP contribution in [0.1, 0.15) is 26.3 Å². The van der Waals surface area contributed by atoms with E-state index in [0.29, 0.717) is 0 Å². The number of benzene rings is 6. The number of hydrogen-bond acceptors (Lipinski definition) is 1. The molecule has 0 fully saturated rings. The van der Waals surface area contributed by atoms with E-state index in [1.54, 1.807) is 0 Å². The molecule has 0 aliphatic carbocycles. The van der Waals surface area contributed by atoms with Crippen molar-refractivity contribution >= 4 is 43.8 Å². The lowest BCUT2D eigenvalue weighted by Crippen LogP contribution is -2.15. The first-order valence-corrected chi connectivity index (χ1v) is 14.5. The first kappa shape index (κ1) is 26.1. The molecule has 0 aliphatic rings. The van der Waals surface area contributed by atoms with Crippen molar-refractivity contribution in [1.82, 2.24) is 0 Å². The Balaban J connectivity index is 1.66. The van der Waals surface area contributed by atoms with Gasteiger partial charge >= 0.3 is 0 Å². The summed E-state index contributed by atoms with van der Waals surface area (Å²) in [5, 5.41) is 2.45. The predicted octanol–water partition coefficient (Wildman–Crippen LogP) is 11.7. The molecule has 0 radical (unpaired) electrons. The number of rotatable bonds is 5. The van der Waals surface area contributed by atoms with Crippen LogP contribution in [0.25, 0.3) is 33.0 Å². The van der Waals surface area contributed by atoms with E-state index in [4.69, 9.17) is 0 Å². The lowest BCUT2D eigenvalue weighted by molar-refractivity contribution is 0.590. The van der Waals surface area contributed by atoms with Crippen LogP contribution in [0.2, 0.25) is 0 Å². The predicted molar refractivity (Wildman–Crippen MR) is 176 cm³/mol. The largest absolute Gasteiger partial charge is 0.309 e. The summed E-state index contributed by atoms with van der Waals surface area (Å²) in [5.74, 6) is 0. The molecule has 0 spiro atoms. The van der Waals surface area contributed by atoms with Gasteiger partial charge in [0, 0.05) is 21.1 Å². The lowest BCUT2D eigenvalue weighted by atomic mass is 9.84. The van der Waals surface area contributed by atoms with Crippen LogP contribution in [0.4, 0.5) is 17.1 Å². The number of halogens is 1. The van der Waals surface area contributed by atoms with Crippen LogP contribution in [0.15, 0.2) is 144 Å². The standard InChI is InChI=1S/C38H32BrN/c1-38(2,3)29-21-23-37(35(25-29)28-15-8-5-9-16-28)40(31-18-12-17-30(39)26-31)36-24-22-32(27-13-6-4-7-14-27)33-19-10-11-20-34(33)36/h4-26H,1-3H3. The molecule has 1 nitrogen and oxygen atoms in total. The van der Waals surface area contributed by atoms with Crippen LogP contribution in [0.3, 0.4) is 0 Å². The van der Waals surface area contributed by atoms with Crippen LogP contribution in [0, 0.1) is 0 Å². The molecule has 0 bridgehead atoms. The van der Waals surface area contributed by atoms with Gasteiger partial charge in [0.2, 0.25) is 0 Å². The molecule has 2 heteroatoms. The van der Waals surface area contributed by atoms with E-state index in [2.05, 4.69) is 181 Å². The summed E-state index contributed by atoms with van der Waals surface area (Å²) in [6, 6.07) is 50.2. The van der Waals surface area contributed by atoms with Crippen molar-refractivity contribution in [2.45, 2.75) is 26.2 Å². The van der Waals surface area contributed by atoms with E-state index >= 15 is 0 Å². The first-order valence-electron chi connectivity index (χ1n) is 13.7. The van der Waals surface area contributed by atoms with Crippen molar-refractivity contribution < 1.29 is 0 Å². The van der Waals surface area contributed by atoms with E-state index in [-0.39, 0.29) is 5.41 Å². The highest BCUT2D eigenvalue weighted by Gasteiger charge is 2.23. The van der Waals surface area contributed by atoms with E-state index in [1.807, 2.05) is 0 Å². The molecular formula is C38H32BrN. The monoisotopic (exact) mass is 581 g/mol. The maximum atomic E-state index is 3.74. The second-order valence-corrected chi connectivity index (χ2v) is 12.1. The smallest absolute Gasteiger partial charge is 0.0540 e. The Kier molecular flexibility index (Phi) is 7.04. The molecule has 0 saturated heterocycles. The maximum absolute atomic E-state index is 3.74. The van der Waals surface area contributed by atoms with Crippen LogP contribution in [0.5, 0.6) is 0 Å². The summed E-state index contributed by atoms with van der Waals surface area (Å²) >= 11 is 3.74. The number of fused-ring (bicyclic) bond motifs is 1. The topological polar surface area (TPSA) is 3.24 Å². The highest BCUT2D eigenvalue weighted by molar-refractivity contribution is 9.10. The van der Waals surface area contributed by atoms with Crippen LogP contribution < -0.4 is 4.90 Å². The molecule has 0 aromatic heterocycles. The fourth-order valence-corrected chi connectivity index (χ4v) is 5.80. The summed E-state index contributed by atoms with van der Waals surface area (Å²) < 4.78 is 1.05. The van der Waals surface area contributed by atoms with Gasteiger partial charge in [0.1, 0.15) is 0 Å². The molecular weight excluding hydrogens is 550 g/mol. The summed E-state index contributed by atoms with van der Waals surface area (Å²) in [5.41, 5.74) is 9.62. The van der Waals surface area contributed by atoms with E-state index in [1.165, 1.54) is 38.6 Å². The highest BCUT2D eigenvalue weighted by atomic mass is 79.9. The molecule has 0 atom stereocenters. The number of hydrogen-bond donors (Lipinski definition) is 0. The van der Waals surface area contributed by atoms with Crippen LogP contribution >= 0.6 is 15.9 Å². The van der Waals surface area contributed by atoms with Crippen molar-refractivity contribution in [2.75, 3.05) is 4.90 Å². The van der Waals surface area contributed by atoms with Gasteiger partial charge in [-0.3, -0.25) is 0 Å². The summed E-state index contributed by atoms with van der Waals surface area (Å²) in [6.07, 6.45) is 0. The Bertz CT molecular complexity index is 1780. The van der Waals surface area contributed by atoms with Gasteiger partial charge in [-0.2, -0.15) is 0 Å². The average molecular weight is 583 g/mol. The molecule has 6 aromatic rings. The normalized spacial score (nSPS) is 11.5. The quantitative estimate of drug-likeness (QED) is 0.195. The van der Waals surface area contributed by atoms with Crippen molar-refractivity contribution in [2.24, 2.45) is 0 Å². The van der Waals surface area contributed by atoms with Gasteiger partial charge in [0.05, 0.1) is 11.4 Å². The third kappa shape index (κ3) is 5.08. The highest BCUT2D eigenvalue weighted by Crippen LogP contribution is 2.46. The van der Waals surface area contributed by atoms with Gasteiger partial charge in [-0.15, -0.1) is 0 Å². The molecule has 6 aromatic carbocycles. The third-order valence-corrected chi connectivity index (χ3v) is 7.97. The van der Waals surface area contributed by atoms with E-state index in [0.717, 1.165) is 21.5 Å². The van der Waals surface area contributed by atoms with E-state index in [9.17, 15) is 0 Å². The zero-order valence-electron chi connectivity index (χ0n) is 23.1. The van der Waals surface area contributed by atoms with Gasteiger partial charge in [-0.05, 0) is 69.5 Å². The minimum Gasteiger partial charge on any atom is -0.309 e. The van der Waals surface area contributed by atoms with Crippen molar-refractivity contribution in [1.29, 1.82) is 0 Å². The van der Waals surface area contributed by atoms with Crippen molar-refractivity contribution in [3.8, 4) is 22.3 Å². The molecule has 40 heavy (non-hydrogen) atoms. The Labute approximate surface area is 245 Å². The second-order valence-electron chi connectivity index (χ2n) is 11.2. The SMILES string of the molecule is CC(C)(C)c1ccc(N(c2cccc(Br)c2)c2ccc(-c3ccccc3)c3ccccc23)c(-c2ccccc2)c1. The zero-order valence-corrected chi connectivity index (χ0v) is 24.7. The first-order chi connectivity index (χ1) is 19.4. The van der Waals surface area contributed by atoms with Gasteiger partial charge in [0.15, 0.2) is 0 Å². The molecule has 0 aliphatic heterocycles. The summed E-state index contributed by atoms with van der Waals surface area (Å²) in [7, 11) is 0. The molecule has 196 valence electrons. The second kappa shape index (κ2) is 10.8. The van der Waals surface area contributed by atoms with Gasteiger partial charge < -0.3 is 4.90 Å². The molecule has 0 unspecified atom stereocenters. The molecule has 0 saturated carbocycles. The Hall–Kier alpha value is -4.14. The minimum absolute atomic E-state index is 0.0344. The Morgan fingerprint density at radius 2 is 1.10 bits per heavy atom. The molecule has 0 N–H and O–H groups in total. The fourth-order valence-electron chi connectivity index (χ4n) is 5.42. The minimum atomic E-state index is 0.0344. The lowest BCUT2D eigenvalue weighted by Gasteiger charge is -2.31. The van der Waals surface area contributed by atoms with Crippen molar-refractivity contribution in [3.05, 3.63) is 150 Å². The summed E-state index contributed by atoms with van der Waals surface area (Å²) in [4.78, 5) is 2.41. The zero-order chi connectivity index (χ0) is 27.7. The number of nitrogens with zero attached hydrogens (tertiary/aromatic N) is 1. The maximum Gasteiger partial charge on any atom is 0.0540 e. The molecule has 0 heterocycles. The summed E-state index contributed by atoms with van der Waals surface area (Å²) in [6.45, 7) is 6.83. The van der Waals surface area contributed by atoms with Crippen LogP contribution in [-0.4, -0.2) is 0 Å². The van der Waals surface area contributed by atoms with Gasteiger partial charge in [-0.1, -0.05) is 140 Å². The van der Waals surface area contributed by atoms with Gasteiger partial charge in [-0.25, -0.2) is 0 Å². The van der Waals surface area contributed by atoms with Gasteiger partial charge in [0.25, 0.3) is 0 Å². The average Bonchev–Trinajstić information content (AvgIpc) is 2.98. The van der Waals surface area contributed by atoms with E-state index < -0.39 is 0 Å².